The summed E-state index contributed by atoms with van der Waals surface area (Å²) in [7, 11) is 0. The molecular weight excluding hydrogens is 472 g/mol. The molecule has 36 heavy (non-hydrogen) atoms. The van der Waals surface area contributed by atoms with Crippen LogP contribution in [0, 0.1) is 6.92 Å². The van der Waals surface area contributed by atoms with E-state index < -0.39 is 0 Å². The van der Waals surface area contributed by atoms with E-state index in [2.05, 4.69) is 41.1 Å². The van der Waals surface area contributed by atoms with E-state index in [0.29, 0.717) is 30.2 Å². The molecule has 1 atom stereocenters. The molecule has 1 saturated heterocycles. The van der Waals surface area contributed by atoms with Crippen LogP contribution in [0.1, 0.15) is 22.8 Å². The zero-order chi connectivity index (χ0) is 24.8. The molecule has 0 aliphatic carbocycles. The molecule has 5 aromatic rings. The fourth-order valence-corrected chi connectivity index (χ4v) is 5.16. The van der Waals surface area contributed by atoms with Crippen molar-refractivity contribution in [2.75, 3.05) is 24.5 Å². The van der Waals surface area contributed by atoms with Crippen LogP contribution in [0.2, 0.25) is 5.02 Å². The fraction of sp³-hybridized carbons (Fsp3) is 0.214. The van der Waals surface area contributed by atoms with Crippen LogP contribution < -0.4 is 4.90 Å². The second-order valence-corrected chi connectivity index (χ2v) is 9.67. The first-order valence-electron chi connectivity index (χ1n) is 12.0. The maximum absolute atomic E-state index is 13.2. The van der Waals surface area contributed by atoms with Crippen LogP contribution in [0.5, 0.6) is 0 Å². The summed E-state index contributed by atoms with van der Waals surface area (Å²) in [6.07, 6.45) is 0. The van der Waals surface area contributed by atoms with Crippen molar-refractivity contribution >= 4 is 40.0 Å². The number of benzene rings is 3. The molecule has 0 bridgehead atoms. The topological polar surface area (TPSA) is 66.6 Å². The summed E-state index contributed by atoms with van der Waals surface area (Å²) in [5.74, 6) is 1.55. The van der Waals surface area contributed by atoms with Crippen LogP contribution in [-0.4, -0.2) is 56.1 Å². The summed E-state index contributed by atoms with van der Waals surface area (Å²) >= 11 is 6.32. The van der Waals surface area contributed by atoms with E-state index in [0.717, 1.165) is 39.4 Å². The number of amides is 1. The second-order valence-electron chi connectivity index (χ2n) is 9.23. The van der Waals surface area contributed by atoms with Crippen molar-refractivity contribution < 1.29 is 4.79 Å². The lowest BCUT2D eigenvalue weighted by Crippen LogP contribution is -2.54. The third kappa shape index (κ3) is 3.76. The van der Waals surface area contributed by atoms with Crippen LogP contribution in [-0.2, 0) is 0 Å². The van der Waals surface area contributed by atoms with Crippen molar-refractivity contribution in [2.24, 2.45) is 0 Å². The lowest BCUT2D eigenvalue weighted by atomic mass is 10.1. The van der Waals surface area contributed by atoms with E-state index >= 15 is 0 Å². The number of piperazine rings is 1. The highest BCUT2D eigenvalue weighted by molar-refractivity contribution is 6.31. The molecule has 1 aliphatic rings. The van der Waals surface area contributed by atoms with Gasteiger partial charge in [-0.15, -0.1) is 10.2 Å². The monoisotopic (exact) mass is 496 g/mol. The Bertz CT molecular complexity index is 1600. The van der Waals surface area contributed by atoms with E-state index in [1.165, 1.54) is 0 Å². The fourth-order valence-electron chi connectivity index (χ4n) is 4.99. The Morgan fingerprint density at radius 1 is 0.972 bits per heavy atom. The Morgan fingerprint density at radius 3 is 2.53 bits per heavy atom. The van der Waals surface area contributed by atoms with Crippen LogP contribution in [0.25, 0.3) is 27.9 Å². The van der Waals surface area contributed by atoms with Crippen molar-refractivity contribution in [1.82, 2.24) is 24.5 Å². The minimum absolute atomic E-state index is 0.00300. The van der Waals surface area contributed by atoms with Gasteiger partial charge < -0.3 is 9.80 Å². The van der Waals surface area contributed by atoms with Gasteiger partial charge in [0.1, 0.15) is 0 Å². The van der Waals surface area contributed by atoms with Gasteiger partial charge in [-0.3, -0.25) is 4.79 Å². The van der Waals surface area contributed by atoms with Gasteiger partial charge in [-0.05, 0) is 49.7 Å². The van der Waals surface area contributed by atoms with Crippen LogP contribution >= 0.6 is 11.6 Å². The van der Waals surface area contributed by atoms with Gasteiger partial charge >= 0.3 is 0 Å². The minimum Gasteiger partial charge on any atom is -0.338 e. The number of aryl methyl sites for hydroxylation is 1. The van der Waals surface area contributed by atoms with Gasteiger partial charge in [0.05, 0.1) is 5.52 Å². The molecule has 3 heterocycles. The van der Waals surface area contributed by atoms with E-state index in [1.807, 2.05) is 70.0 Å². The maximum Gasteiger partial charge on any atom is 0.254 e. The standard InChI is InChI=1S/C28H25ClN6O/c1-18-8-6-7-11-22(18)25-31-32-26-23-13-12-21(29)16-24(23)30-28(35(25)26)33-14-15-34(19(2)17-33)27(36)20-9-4-3-5-10-20/h3-13,16,19H,14-15,17H2,1-2H3/t19-/m0/s1. The number of hydrogen-bond donors (Lipinski definition) is 0. The molecule has 0 N–H and O–H groups in total. The zero-order valence-electron chi connectivity index (χ0n) is 20.1. The highest BCUT2D eigenvalue weighted by atomic mass is 35.5. The molecular formula is C28H25ClN6O. The Morgan fingerprint density at radius 2 is 1.75 bits per heavy atom. The number of rotatable bonds is 3. The Labute approximate surface area is 214 Å². The lowest BCUT2D eigenvalue weighted by Gasteiger charge is -2.40. The smallest absolute Gasteiger partial charge is 0.254 e. The second kappa shape index (κ2) is 8.91. The minimum atomic E-state index is -0.00300. The molecule has 180 valence electrons. The number of nitrogens with zero attached hydrogens (tertiary/aromatic N) is 6. The third-order valence-electron chi connectivity index (χ3n) is 6.86. The first-order valence-corrected chi connectivity index (χ1v) is 12.4. The van der Waals surface area contributed by atoms with Gasteiger partial charge in [0, 0.05) is 47.2 Å². The predicted molar refractivity (Wildman–Crippen MR) is 143 cm³/mol. The highest BCUT2D eigenvalue weighted by Crippen LogP contribution is 2.32. The summed E-state index contributed by atoms with van der Waals surface area (Å²) in [6, 6.07) is 23.3. The molecule has 0 unspecified atom stereocenters. The van der Waals surface area contributed by atoms with Gasteiger partial charge in [0.2, 0.25) is 5.95 Å². The van der Waals surface area contributed by atoms with Crippen molar-refractivity contribution in [1.29, 1.82) is 0 Å². The first kappa shape index (κ1) is 22.5. The van der Waals surface area contributed by atoms with Gasteiger partial charge in [-0.25, -0.2) is 9.38 Å². The molecule has 0 radical (unpaired) electrons. The molecule has 2 aromatic heterocycles. The quantitative estimate of drug-likeness (QED) is 0.341. The normalized spacial score (nSPS) is 16.1. The van der Waals surface area contributed by atoms with Crippen molar-refractivity contribution in [3.8, 4) is 11.4 Å². The zero-order valence-corrected chi connectivity index (χ0v) is 20.9. The van der Waals surface area contributed by atoms with E-state index in [-0.39, 0.29) is 11.9 Å². The van der Waals surface area contributed by atoms with Crippen LogP contribution in [0.4, 0.5) is 5.95 Å². The number of carbonyl (C=O) groups excluding carboxylic acids is 1. The number of anilines is 1. The number of carbonyl (C=O) groups is 1. The number of hydrogen-bond acceptors (Lipinski definition) is 5. The van der Waals surface area contributed by atoms with Crippen molar-refractivity contribution in [3.63, 3.8) is 0 Å². The van der Waals surface area contributed by atoms with Gasteiger partial charge in [0.25, 0.3) is 5.91 Å². The predicted octanol–water partition coefficient (Wildman–Crippen LogP) is 5.26. The molecule has 1 amide bonds. The highest BCUT2D eigenvalue weighted by Gasteiger charge is 2.31. The molecule has 0 saturated carbocycles. The first-order chi connectivity index (χ1) is 17.5. The number of aromatic nitrogens is 4. The van der Waals surface area contributed by atoms with Gasteiger partial charge in [0.15, 0.2) is 11.5 Å². The molecule has 8 heteroatoms. The molecule has 7 nitrogen and oxygen atoms in total. The average molecular weight is 497 g/mol. The van der Waals surface area contributed by atoms with Crippen LogP contribution in [0.3, 0.4) is 0 Å². The van der Waals surface area contributed by atoms with Crippen molar-refractivity contribution in [2.45, 2.75) is 19.9 Å². The van der Waals surface area contributed by atoms with Gasteiger partial charge in [-0.2, -0.15) is 0 Å². The van der Waals surface area contributed by atoms with E-state index in [9.17, 15) is 4.79 Å². The van der Waals surface area contributed by atoms with Gasteiger partial charge in [-0.1, -0.05) is 54.1 Å². The summed E-state index contributed by atoms with van der Waals surface area (Å²) in [6.45, 7) is 6.02. The summed E-state index contributed by atoms with van der Waals surface area (Å²) < 4.78 is 2.04. The number of fused-ring (bicyclic) bond motifs is 3. The number of halogens is 1. The summed E-state index contributed by atoms with van der Waals surface area (Å²) in [4.78, 5) is 22.4. The maximum atomic E-state index is 13.2. The van der Waals surface area contributed by atoms with E-state index in [1.54, 1.807) is 0 Å². The van der Waals surface area contributed by atoms with E-state index in [4.69, 9.17) is 16.6 Å². The SMILES string of the molecule is Cc1ccccc1-c1nnc2c3ccc(Cl)cc3nc(N3CCN(C(=O)c4ccccc4)[C@@H](C)C3)n12. The summed E-state index contributed by atoms with van der Waals surface area (Å²) in [5.41, 5.74) is 4.33. The molecule has 3 aromatic carbocycles. The summed E-state index contributed by atoms with van der Waals surface area (Å²) in [5, 5.41) is 10.7. The Kier molecular flexibility index (Phi) is 5.57. The Balaban J connectivity index is 1.45. The lowest BCUT2D eigenvalue weighted by molar-refractivity contribution is 0.0673. The average Bonchev–Trinajstić information content (AvgIpc) is 3.33. The Hall–Kier alpha value is -3.97. The van der Waals surface area contributed by atoms with Crippen molar-refractivity contribution in [3.05, 3.63) is 88.9 Å². The molecule has 1 fully saturated rings. The van der Waals surface area contributed by atoms with Crippen LogP contribution in [0.15, 0.2) is 72.8 Å². The molecule has 6 rings (SSSR count). The molecule has 1 aliphatic heterocycles. The molecule has 0 spiro atoms. The third-order valence-corrected chi connectivity index (χ3v) is 7.10. The largest absolute Gasteiger partial charge is 0.338 e.